The van der Waals surface area contributed by atoms with Gasteiger partial charge in [-0.3, -0.25) is 14.7 Å². The Kier molecular flexibility index (Phi) is 2.78. The number of nitrogens with one attached hydrogen (secondary N) is 2. The fraction of sp³-hybridized carbons (Fsp3) is 0.182. The molecular weight excluding hydrogens is 220 g/mol. The zero-order valence-corrected chi connectivity index (χ0v) is 9.52. The van der Waals surface area contributed by atoms with E-state index in [1.807, 2.05) is 0 Å². The highest BCUT2D eigenvalue weighted by Crippen LogP contribution is 2.10. The molecule has 0 saturated heterocycles. The first-order valence-electron chi connectivity index (χ1n) is 5.06. The molecule has 2 rings (SSSR count). The summed E-state index contributed by atoms with van der Waals surface area (Å²) in [5.41, 5.74) is 0.937. The van der Waals surface area contributed by atoms with Crippen LogP contribution >= 0.6 is 0 Å². The number of anilines is 1. The van der Waals surface area contributed by atoms with Gasteiger partial charge in [0.2, 0.25) is 0 Å². The Morgan fingerprint density at radius 2 is 2.24 bits per heavy atom. The Hall–Kier alpha value is -2.37. The van der Waals surface area contributed by atoms with Crippen LogP contribution in [-0.2, 0) is 7.05 Å². The van der Waals surface area contributed by atoms with Gasteiger partial charge in [0.25, 0.3) is 5.91 Å². The second-order valence-corrected chi connectivity index (χ2v) is 3.71. The molecule has 2 N–H and O–H groups in total. The van der Waals surface area contributed by atoms with Crippen LogP contribution in [0.3, 0.4) is 0 Å². The predicted octanol–water partition coefficient (Wildman–Crippen LogP) is 1.20. The van der Waals surface area contributed by atoms with E-state index in [0.717, 1.165) is 0 Å². The number of Topliss-reactive ketones (excluding diaryl/α,β-unsaturated/α-hetero) is 1. The predicted molar refractivity (Wildman–Crippen MR) is 62.0 cm³/mol. The van der Waals surface area contributed by atoms with E-state index >= 15 is 0 Å². The molecule has 1 amide bonds. The van der Waals surface area contributed by atoms with Crippen LogP contribution in [0, 0.1) is 0 Å². The smallest absolute Gasteiger partial charge is 0.273 e. The average molecular weight is 232 g/mol. The Morgan fingerprint density at radius 3 is 2.76 bits per heavy atom. The lowest BCUT2D eigenvalue weighted by atomic mass is 10.2. The molecule has 2 aromatic rings. The minimum absolute atomic E-state index is 0.0683. The third-order valence-corrected chi connectivity index (χ3v) is 2.39. The van der Waals surface area contributed by atoms with E-state index in [1.165, 1.54) is 6.92 Å². The Balaban J connectivity index is 2.22. The number of H-pyrrole nitrogens is 1. The highest BCUT2D eigenvalue weighted by molar-refractivity contribution is 6.05. The number of aryl methyl sites for hydroxylation is 1. The first-order chi connectivity index (χ1) is 8.08. The van der Waals surface area contributed by atoms with Gasteiger partial charge in [-0.1, -0.05) is 0 Å². The largest absolute Gasteiger partial charge is 0.346 e. The minimum Gasteiger partial charge on any atom is -0.346 e. The number of aromatic nitrogens is 3. The summed E-state index contributed by atoms with van der Waals surface area (Å²) in [5, 5.41) is 8.99. The minimum atomic E-state index is -0.288. The number of ketones is 1. The van der Waals surface area contributed by atoms with Crippen molar-refractivity contribution in [2.24, 2.45) is 7.05 Å². The molecule has 0 aliphatic carbocycles. The number of amides is 1. The average Bonchev–Trinajstić information content (AvgIpc) is 2.86. The van der Waals surface area contributed by atoms with Crippen molar-refractivity contribution in [3.05, 3.63) is 35.8 Å². The molecule has 0 aliphatic rings. The fourth-order valence-electron chi connectivity index (χ4n) is 1.49. The summed E-state index contributed by atoms with van der Waals surface area (Å²) < 4.78 is 1.61. The van der Waals surface area contributed by atoms with Crippen molar-refractivity contribution in [1.29, 1.82) is 0 Å². The molecule has 2 aromatic heterocycles. The van der Waals surface area contributed by atoms with Crippen molar-refractivity contribution >= 4 is 17.5 Å². The molecule has 88 valence electrons. The summed E-state index contributed by atoms with van der Waals surface area (Å²) in [7, 11) is 1.72. The molecule has 6 nitrogen and oxygen atoms in total. The lowest BCUT2D eigenvalue weighted by Crippen LogP contribution is -2.15. The van der Waals surface area contributed by atoms with Crippen molar-refractivity contribution in [3.63, 3.8) is 0 Å². The standard InChI is InChI=1S/C11H12N4O2/c1-7(16)8-5-9(15(2)6-8)11(17)13-10-3-4-12-14-10/h3-6H,1-2H3,(H2,12,13,14,17). The summed E-state index contributed by atoms with van der Waals surface area (Å²) in [4.78, 5) is 23.1. The van der Waals surface area contributed by atoms with Gasteiger partial charge in [-0.2, -0.15) is 5.10 Å². The van der Waals surface area contributed by atoms with Crippen LogP contribution in [-0.4, -0.2) is 26.5 Å². The third kappa shape index (κ3) is 2.25. The molecule has 0 saturated carbocycles. The van der Waals surface area contributed by atoms with Gasteiger partial charge in [0.15, 0.2) is 5.78 Å². The first kappa shape index (κ1) is 11.1. The number of aromatic amines is 1. The number of nitrogens with zero attached hydrogens (tertiary/aromatic N) is 2. The number of carbonyl (C=O) groups excluding carboxylic acids is 2. The summed E-state index contributed by atoms with van der Waals surface area (Å²) in [6.07, 6.45) is 3.17. The highest BCUT2D eigenvalue weighted by Gasteiger charge is 2.14. The van der Waals surface area contributed by atoms with E-state index < -0.39 is 0 Å². The summed E-state index contributed by atoms with van der Waals surface area (Å²) in [5.74, 6) is 0.158. The summed E-state index contributed by atoms with van der Waals surface area (Å²) in [6.45, 7) is 1.46. The first-order valence-corrected chi connectivity index (χ1v) is 5.06. The number of rotatable bonds is 3. The van der Waals surface area contributed by atoms with Gasteiger partial charge in [-0.15, -0.1) is 0 Å². The Labute approximate surface area is 97.6 Å². The van der Waals surface area contributed by atoms with E-state index in [9.17, 15) is 9.59 Å². The van der Waals surface area contributed by atoms with Gasteiger partial charge in [0.05, 0.1) is 6.20 Å². The molecular formula is C11H12N4O2. The van der Waals surface area contributed by atoms with Crippen LogP contribution in [0.25, 0.3) is 0 Å². The molecule has 0 spiro atoms. The van der Waals surface area contributed by atoms with Crippen molar-refractivity contribution in [3.8, 4) is 0 Å². The van der Waals surface area contributed by atoms with E-state index in [2.05, 4.69) is 15.5 Å². The molecule has 0 atom stereocenters. The quantitative estimate of drug-likeness (QED) is 0.780. The zero-order chi connectivity index (χ0) is 12.4. The maximum atomic E-state index is 11.9. The number of carbonyl (C=O) groups is 2. The molecule has 2 heterocycles. The second kappa shape index (κ2) is 4.25. The van der Waals surface area contributed by atoms with E-state index in [1.54, 1.807) is 36.1 Å². The molecule has 0 unspecified atom stereocenters. The maximum Gasteiger partial charge on any atom is 0.273 e. The molecule has 0 aliphatic heterocycles. The Bertz CT molecular complexity index is 554. The van der Waals surface area contributed by atoms with Crippen molar-refractivity contribution in [1.82, 2.24) is 14.8 Å². The van der Waals surface area contributed by atoms with Gasteiger partial charge in [-0.25, -0.2) is 0 Å². The van der Waals surface area contributed by atoms with Crippen molar-refractivity contribution in [2.45, 2.75) is 6.92 Å². The van der Waals surface area contributed by atoms with Crippen LogP contribution < -0.4 is 5.32 Å². The highest BCUT2D eigenvalue weighted by atomic mass is 16.2. The molecule has 0 radical (unpaired) electrons. The van der Waals surface area contributed by atoms with Crippen LogP contribution in [0.1, 0.15) is 27.8 Å². The molecule has 0 fully saturated rings. The fourth-order valence-corrected chi connectivity index (χ4v) is 1.49. The van der Waals surface area contributed by atoms with Crippen LogP contribution in [0.4, 0.5) is 5.82 Å². The van der Waals surface area contributed by atoms with Crippen molar-refractivity contribution in [2.75, 3.05) is 5.32 Å². The number of hydrogen-bond donors (Lipinski definition) is 2. The van der Waals surface area contributed by atoms with Gasteiger partial charge in [0, 0.05) is 24.9 Å². The Morgan fingerprint density at radius 1 is 1.47 bits per heavy atom. The molecule has 6 heteroatoms. The van der Waals surface area contributed by atoms with Crippen LogP contribution in [0.5, 0.6) is 0 Å². The van der Waals surface area contributed by atoms with Gasteiger partial charge in [-0.05, 0) is 13.0 Å². The SMILES string of the molecule is CC(=O)c1cc(C(=O)Nc2ccn[nH]2)n(C)c1. The monoisotopic (exact) mass is 232 g/mol. The van der Waals surface area contributed by atoms with Crippen LogP contribution in [0.15, 0.2) is 24.5 Å². The van der Waals surface area contributed by atoms with Gasteiger partial charge >= 0.3 is 0 Å². The van der Waals surface area contributed by atoms with Crippen LogP contribution in [0.2, 0.25) is 0 Å². The van der Waals surface area contributed by atoms with E-state index in [0.29, 0.717) is 17.1 Å². The molecule has 17 heavy (non-hydrogen) atoms. The topological polar surface area (TPSA) is 79.8 Å². The summed E-state index contributed by atoms with van der Waals surface area (Å²) >= 11 is 0. The molecule has 0 aromatic carbocycles. The lowest BCUT2D eigenvalue weighted by Gasteiger charge is -2.02. The third-order valence-electron chi connectivity index (χ3n) is 2.39. The molecule has 0 bridgehead atoms. The van der Waals surface area contributed by atoms with E-state index in [4.69, 9.17) is 0 Å². The zero-order valence-electron chi connectivity index (χ0n) is 9.52. The second-order valence-electron chi connectivity index (χ2n) is 3.71. The maximum absolute atomic E-state index is 11.9. The van der Waals surface area contributed by atoms with Gasteiger partial charge < -0.3 is 9.88 Å². The normalized spacial score (nSPS) is 10.2. The van der Waals surface area contributed by atoms with Gasteiger partial charge in [0.1, 0.15) is 11.5 Å². The lowest BCUT2D eigenvalue weighted by molar-refractivity contribution is 0.101. The number of hydrogen-bond acceptors (Lipinski definition) is 3. The van der Waals surface area contributed by atoms with Crippen molar-refractivity contribution < 1.29 is 9.59 Å². The van der Waals surface area contributed by atoms with E-state index in [-0.39, 0.29) is 11.7 Å². The summed E-state index contributed by atoms with van der Waals surface area (Å²) in [6, 6.07) is 3.21.